The van der Waals surface area contributed by atoms with E-state index in [1.807, 2.05) is 110 Å². The topological polar surface area (TPSA) is 375 Å². The number of furan rings is 3. The van der Waals surface area contributed by atoms with Crippen LogP contribution < -0.4 is 16.0 Å². The third-order valence-corrected chi connectivity index (χ3v) is 14.9. The minimum absolute atomic E-state index is 0.197. The van der Waals surface area contributed by atoms with Crippen molar-refractivity contribution in [2.75, 3.05) is 55.6 Å². The molecule has 104 heavy (non-hydrogen) atoms. The molecular weight excluding hydrogens is 1340 g/mol. The minimum Gasteiger partial charge on any atom is -0.483 e. The van der Waals surface area contributed by atoms with Gasteiger partial charge in [-0.05, 0) is 118 Å². The third kappa shape index (κ3) is 23.2. The number of pyridine rings is 3. The van der Waals surface area contributed by atoms with E-state index in [1.165, 1.54) is 0 Å². The van der Waals surface area contributed by atoms with Crippen LogP contribution in [0.4, 0.5) is 17.1 Å². The molecule has 0 atom stereocenters. The van der Waals surface area contributed by atoms with Crippen molar-refractivity contribution in [3.8, 4) is 68.1 Å². The molecule has 12 rings (SSSR count). The van der Waals surface area contributed by atoms with Crippen LogP contribution in [0.3, 0.4) is 0 Å². The Balaban J connectivity index is 0.000000190. The second-order valence-corrected chi connectivity index (χ2v) is 23.5. The van der Waals surface area contributed by atoms with Gasteiger partial charge in [0.2, 0.25) is 0 Å². The first kappa shape index (κ1) is 77.5. The maximum Gasteiger partial charge on any atom is 0.291 e. The fraction of sp³-hybridized carbons (Fsp3) is 0.315. The monoisotopic (exact) mass is 1420 g/mol. The average molecular weight is 1420 g/mol. The summed E-state index contributed by atoms with van der Waals surface area (Å²) in [6.07, 6.45) is 23.4. The Morgan fingerprint density at radius 1 is 0.442 bits per heavy atom. The Bertz CT molecular complexity index is 4360. The predicted molar refractivity (Wildman–Crippen MR) is 387 cm³/mol. The molecule has 0 fully saturated rings. The number of hydrogen-bond acceptors (Lipinski definition) is 20. The van der Waals surface area contributed by atoms with E-state index in [2.05, 4.69) is 89.2 Å². The number of rotatable bonds is 30. The highest BCUT2D eigenvalue weighted by Crippen LogP contribution is 2.31. The molecule has 31 nitrogen and oxygen atoms in total. The molecule has 12 aromatic rings. The average Bonchev–Trinajstić information content (AvgIpc) is 1.68. The molecule has 12 aromatic heterocycles. The number of ether oxygens (including phenoxy) is 3. The number of nitrogens with zero attached hydrogens (tertiary/aromatic N) is 15. The van der Waals surface area contributed by atoms with E-state index >= 15 is 0 Å². The summed E-state index contributed by atoms with van der Waals surface area (Å²) in [5.74, 6) is 2.49. The van der Waals surface area contributed by atoms with Gasteiger partial charge in [-0.1, -0.05) is 45.9 Å². The zero-order valence-corrected chi connectivity index (χ0v) is 59.2. The fourth-order valence-electron chi connectivity index (χ4n) is 9.82. The molecule has 12 heterocycles. The number of nitrogens with one attached hydrogen (secondary N) is 3. The molecule has 0 aliphatic heterocycles. The van der Waals surface area contributed by atoms with Gasteiger partial charge in [-0.2, -0.15) is 30.6 Å². The first-order chi connectivity index (χ1) is 50.5. The van der Waals surface area contributed by atoms with Gasteiger partial charge in [-0.25, -0.2) is 0 Å². The molecule has 31 heteroatoms. The Morgan fingerprint density at radius 2 is 0.760 bits per heavy atom. The van der Waals surface area contributed by atoms with Gasteiger partial charge in [0, 0.05) is 95.7 Å². The molecule has 0 bridgehead atoms. The smallest absolute Gasteiger partial charge is 0.291 e. The standard InChI is InChI=1S/2C25H30N6O3.C21H22N6O3.2CH2O2/c2*1-4-33-14-13-31-17-21(24(29-31)20-7-5-6-11-26-20)28-25(32)23-9-8-22(34-23)19-15-27-30(16-19)12-10-18(2)3;1-3-29-11-10-27-14-17(20(25-27)16-6-4-5-9-22-16)24-21(28)19-8-7-18(30-19)15-12-23-26(2)13-15;2*2-1-3/h2*5-9,11,15-18H,4,10,12-14H2,1-3H3,(H,28,32);4-9,12-14H,3,10-11H2,1-2H3,(H,24,28);2*1H,(H,2,3). The fourth-order valence-corrected chi connectivity index (χ4v) is 9.82. The number of aryl methyl sites for hydroxylation is 3. The lowest BCUT2D eigenvalue weighted by atomic mass is 10.1. The summed E-state index contributed by atoms with van der Waals surface area (Å²) in [4.78, 5) is 68.6. The van der Waals surface area contributed by atoms with E-state index in [0.29, 0.717) is 140 Å². The molecule has 0 aliphatic carbocycles. The highest BCUT2D eigenvalue weighted by Gasteiger charge is 2.23. The third-order valence-electron chi connectivity index (χ3n) is 14.9. The Hall–Kier alpha value is -12.2. The maximum atomic E-state index is 13.0. The van der Waals surface area contributed by atoms with Crippen molar-refractivity contribution in [1.29, 1.82) is 0 Å². The number of aromatic nitrogens is 15. The number of carbonyl (C=O) groups is 5. The lowest BCUT2D eigenvalue weighted by Gasteiger charge is -2.03. The summed E-state index contributed by atoms with van der Waals surface area (Å²) in [6, 6.07) is 27.0. The summed E-state index contributed by atoms with van der Waals surface area (Å²) in [5.41, 5.74) is 7.89. The van der Waals surface area contributed by atoms with Crippen LogP contribution in [0.5, 0.6) is 0 Å². The van der Waals surface area contributed by atoms with Crippen LogP contribution in [0.25, 0.3) is 68.1 Å². The number of carboxylic acid groups (broad SMARTS) is 2. The normalized spacial score (nSPS) is 10.8. The van der Waals surface area contributed by atoms with Crippen LogP contribution in [0.15, 0.2) is 179 Å². The van der Waals surface area contributed by atoms with Gasteiger partial charge < -0.3 is 53.6 Å². The van der Waals surface area contributed by atoms with Crippen LogP contribution in [0.1, 0.15) is 93.0 Å². The Morgan fingerprint density at radius 3 is 1.04 bits per heavy atom. The van der Waals surface area contributed by atoms with Gasteiger partial charge in [-0.3, -0.25) is 67.0 Å². The summed E-state index contributed by atoms with van der Waals surface area (Å²) in [7, 11) is 1.82. The van der Waals surface area contributed by atoms with E-state index in [9.17, 15) is 14.4 Å². The van der Waals surface area contributed by atoms with Gasteiger partial charge in [0.15, 0.2) is 17.3 Å². The molecule has 0 saturated heterocycles. The lowest BCUT2D eigenvalue weighted by Crippen LogP contribution is -2.11. The SMILES string of the molecule is CCOCCn1cc(NC(=O)c2ccc(-c3cnn(C)c3)o2)c(-c2ccccn2)n1.CCOCCn1cc(NC(=O)c2ccc(-c3cnn(CCC(C)C)c3)o2)c(-c2ccccn2)n1.CCOCCn1cc(NC(=O)c2ccc(-c3cnn(CCC(C)C)c3)o2)c(-c2ccccn2)n1.O=CO.O=CO. The largest absolute Gasteiger partial charge is 0.483 e. The van der Waals surface area contributed by atoms with Crippen molar-refractivity contribution >= 4 is 47.7 Å². The van der Waals surface area contributed by atoms with Gasteiger partial charge >= 0.3 is 0 Å². The summed E-state index contributed by atoms with van der Waals surface area (Å²) in [6.45, 7) is 20.9. The van der Waals surface area contributed by atoms with E-state index in [-0.39, 0.29) is 47.9 Å². The molecular formula is C73H86N18O13. The van der Waals surface area contributed by atoms with Crippen LogP contribution in [-0.4, -0.2) is 154 Å². The zero-order chi connectivity index (χ0) is 74.2. The minimum atomic E-state index is -0.369. The molecule has 546 valence electrons. The number of hydrogen-bond donors (Lipinski definition) is 5. The van der Waals surface area contributed by atoms with E-state index in [0.717, 1.165) is 42.6 Å². The summed E-state index contributed by atoms with van der Waals surface area (Å²) >= 11 is 0. The van der Waals surface area contributed by atoms with Crippen molar-refractivity contribution in [3.05, 3.63) is 183 Å². The first-order valence-electron chi connectivity index (χ1n) is 33.7. The van der Waals surface area contributed by atoms with Crippen molar-refractivity contribution in [3.63, 3.8) is 0 Å². The molecule has 3 amide bonds. The van der Waals surface area contributed by atoms with Crippen LogP contribution in [-0.2, 0) is 63.6 Å². The summed E-state index contributed by atoms with van der Waals surface area (Å²) < 4.78 is 44.4. The zero-order valence-electron chi connectivity index (χ0n) is 59.2. The number of amides is 3. The summed E-state index contributed by atoms with van der Waals surface area (Å²) in [5, 5.41) is 49.2. The van der Waals surface area contributed by atoms with E-state index in [1.54, 1.807) is 111 Å². The molecule has 0 radical (unpaired) electrons. The highest BCUT2D eigenvalue weighted by molar-refractivity contribution is 6.06. The maximum absolute atomic E-state index is 13.0. The molecule has 0 saturated carbocycles. The van der Waals surface area contributed by atoms with Crippen molar-refractivity contribution in [2.24, 2.45) is 18.9 Å². The molecule has 0 aromatic carbocycles. The Labute approximate surface area is 599 Å². The van der Waals surface area contributed by atoms with E-state index in [4.69, 9.17) is 47.3 Å². The first-order valence-corrected chi connectivity index (χ1v) is 33.7. The predicted octanol–water partition coefficient (Wildman–Crippen LogP) is 12.1. The quantitative estimate of drug-likeness (QED) is 0.0206. The number of anilines is 3. The van der Waals surface area contributed by atoms with Crippen molar-refractivity contribution in [2.45, 2.75) is 94.0 Å². The van der Waals surface area contributed by atoms with Crippen molar-refractivity contribution < 1.29 is 61.6 Å². The second kappa shape index (κ2) is 40.3. The van der Waals surface area contributed by atoms with Gasteiger partial charge in [-0.15, -0.1) is 0 Å². The highest BCUT2D eigenvalue weighted by atomic mass is 16.5. The number of carbonyl (C=O) groups excluding carboxylic acids is 3. The van der Waals surface area contributed by atoms with Gasteiger partial charge in [0.1, 0.15) is 34.4 Å². The van der Waals surface area contributed by atoms with Crippen molar-refractivity contribution in [1.82, 2.24) is 73.6 Å². The molecule has 5 N–H and O–H groups in total. The van der Waals surface area contributed by atoms with Crippen LogP contribution in [0.2, 0.25) is 0 Å². The molecule has 0 spiro atoms. The molecule has 0 aliphatic rings. The van der Waals surface area contributed by atoms with Gasteiger partial charge in [0.05, 0.1) is 109 Å². The van der Waals surface area contributed by atoms with Gasteiger partial charge in [0.25, 0.3) is 30.7 Å². The lowest BCUT2D eigenvalue weighted by molar-refractivity contribution is -0.123. The van der Waals surface area contributed by atoms with E-state index < -0.39 is 0 Å². The molecule has 0 unspecified atom stereocenters. The van der Waals surface area contributed by atoms with Crippen LogP contribution in [0, 0.1) is 11.8 Å². The Kier molecular flexibility index (Phi) is 30.0. The second-order valence-electron chi connectivity index (χ2n) is 23.5. The van der Waals surface area contributed by atoms with Crippen LogP contribution >= 0.6 is 0 Å².